The molecule has 0 bridgehead atoms. The first-order chi connectivity index (χ1) is 8.81. The molecule has 0 aliphatic carbocycles. The van der Waals surface area contributed by atoms with Gasteiger partial charge in [-0.15, -0.1) is 0 Å². The van der Waals surface area contributed by atoms with E-state index in [9.17, 15) is 4.79 Å². The van der Waals surface area contributed by atoms with Crippen molar-refractivity contribution < 1.29 is 9.53 Å². The molecular formula is C15H23NO2. The lowest BCUT2D eigenvalue weighted by Crippen LogP contribution is -2.36. The number of ketones is 1. The number of rotatable bonds is 3. The van der Waals surface area contributed by atoms with Crippen molar-refractivity contribution in [1.29, 1.82) is 0 Å². The third-order valence-corrected chi connectivity index (χ3v) is 2.89. The molecule has 2 rings (SSSR count). The maximum Gasteiger partial charge on any atom is 0.162 e. The molecule has 1 aromatic carbocycles. The van der Waals surface area contributed by atoms with E-state index in [1.54, 1.807) is 0 Å². The number of hydrogen-bond donors (Lipinski definition) is 0. The van der Waals surface area contributed by atoms with Crippen LogP contribution in [0.1, 0.15) is 37.6 Å². The molecule has 0 spiro atoms. The minimum absolute atomic E-state index is 0.202. The number of anilines is 1. The Morgan fingerprint density at radius 3 is 2.22 bits per heavy atom. The molecule has 0 unspecified atom stereocenters. The summed E-state index contributed by atoms with van der Waals surface area (Å²) < 4.78 is 5.30. The molecule has 1 aliphatic rings. The summed E-state index contributed by atoms with van der Waals surface area (Å²) in [6, 6.07) is 7.87. The van der Waals surface area contributed by atoms with Crippen molar-refractivity contribution in [2.75, 3.05) is 31.2 Å². The number of Topliss-reactive ketones (excluding diaryl/α,β-unsaturated/α-hetero) is 1. The normalized spacial score (nSPS) is 14.7. The van der Waals surface area contributed by atoms with E-state index in [2.05, 4.69) is 4.90 Å². The lowest BCUT2D eigenvalue weighted by molar-refractivity contribution is 0.0988. The molecule has 0 amide bonds. The van der Waals surface area contributed by atoms with Crippen molar-refractivity contribution in [3.8, 4) is 0 Å². The second-order valence-corrected chi connectivity index (χ2v) is 3.92. The van der Waals surface area contributed by atoms with Gasteiger partial charge in [-0.1, -0.05) is 20.8 Å². The summed E-state index contributed by atoms with van der Waals surface area (Å²) in [5, 5.41) is 0. The summed E-state index contributed by atoms with van der Waals surface area (Å²) in [5.41, 5.74) is 1.98. The van der Waals surface area contributed by atoms with E-state index in [1.807, 2.05) is 45.0 Å². The number of benzene rings is 1. The zero-order valence-corrected chi connectivity index (χ0v) is 11.6. The highest BCUT2D eigenvalue weighted by Gasteiger charge is 2.11. The highest BCUT2D eigenvalue weighted by Crippen LogP contribution is 2.17. The van der Waals surface area contributed by atoms with E-state index in [1.165, 1.54) is 5.69 Å². The summed E-state index contributed by atoms with van der Waals surface area (Å²) in [7, 11) is 0. The molecule has 3 heteroatoms. The van der Waals surface area contributed by atoms with Crippen molar-refractivity contribution in [3.05, 3.63) is 29.8 Å². The highest BCUT2D eigenvalue weighted by molar-refractivity contribution is 5.96. The average Bonchev–Trinajstić information content (AvgIpc) is 2.49. The molecule has 1 heterocycles. The number of carbonyl (C=O) groups excluding carboxylic acids is 1. The van der Waals surface area contributed by atoms with Gasteiger partial charge in [0.25, 0.3) is 0 Å². The molecule has 0 aromatic heterocycles. The van der Waals surface area contributed by atoms with E-state index >= 15 is 0 Å². The highest BCUT2D eigenvalue weighted by atomic mass is 16.5. The van der Waals surface area contributed by atoms with Crippen LogP contribution >= 0.6 is 0 Å². The fourth-order valence-corrected chi connectivity index (χ4v) is 1.88. The van der Waals surface area contributed by atoms with Gasteiger partial charge >= 0.3 is 0 Å². The van der Waals surface area contributed by atoms with Crippen LogP contribution in [0.2, 0.25) is 0 Å². The Kier molecular flexibility index (Phi) is 6.44. The number of hydrogen-bond acceptors (Lipinski definition) is 3. The van der Waals surface area contributed by atoms with Gasteiger partial charge < -0.3 is 9.64 Å². The van der Waals surface area contributed by atoms with Crippen LogP contribution in [-0.4, -0.2) is 32.1 Å². The summed E-state index contributed by atoms with van der Waals surface area (Å²) in [5.74, 6) is 0.202. The lowest BCUT2D eigenvalue weighted by Gasteiger charge is -2.28. The van der Waals surface area contributed by atoms with Gasteiger partial charge in [-0.2, -0.15) is 0 Å². The summed E-state index contributed by atoms with van der Waals surface area (Å²) in [6.45, 7) is 9.33. The van der Waals surface area contributed by atoms with Crippen LogP contribution in [0.4, 0.5) is 5.69 Å². The molecule has 0 atom stereocenters. The van der Waals surface area contributed by atoms with Crippen molar-refractivity contribution in [2.45, 2.75) is 27.2 Å². The fraction of sp³-hybridized carbons (Fsp3) is 0.533. The molecule has 100 valence electrons. The van der Waals surface area contributed by atoms with Gasteiger partial charge in [0.1, 0.15) is 0 Å². The summed E-state index contributed by atoms with van der Waals surface area (Å²) >= 11 is 0. The molecule has 18 heavy (non-hydrogen) atoms. The van der Waals surface area contributed by atoms with Crippen molar-refractivity contribution in [3.63, 3.8) is 0 Å². The Hall–Kier alpha value is -1.35. The predicted octanol–water partition coefficient (Wildman–Crippen LogP) is 3.14. The van der Waals surface area contributed by atoms with Gasteiger partial charge in [-0.3, -0.25) is 4.79 Å². The van der Waals surface area contributed by atoms with Gasteiger partial charge in [0.2, 0.25) is 0 Å². The van der Waals surface area contributed by atoms with Crippen LogP contribution in [0.25, 0.3) is 0 Å². The van der Waals surface area contributed by atoms with Crippen molar-refractivity contribution in [1.82, 2.24) is 0 Å². The molecule has 0 N–H and O–H groups in total. The second kappa shape index (κ2) is 7.88. The topological polar surface area (TPSA) is 29.5 Å². The molecule has 1 fully saturated rings. The largest absolute Gasteiger partial charge is 0.378 e. The van der Waals surface area contributed by atoms with E-state index < -0.39 is 0 Å². The third kappa shape index (κ3) is 3.84. The number of carbonyl (C=O) groups is 1. The van der Waals surface area contributed by atoms with Crippen molar-refractivity contribution >= 4 is 11.5 Å². The van der Waals surface area contributed by atoms with E-state index in [0.29, 0.717) is 6.42 Å². The summed E-state index contributed by atoms with van der Waals surface area (Å²) in [4.78, 5) is 13.7. The Morgan fingerprint density at radius 2 is 1.72 bits per heavy atom. The van der Waals surface area contributed by atoms with Crippen LogP contribution < -0.4 is 4.90 Å². The standard InChI is InChI=1S/C13H17NO2.C2H6/c1-2-13(15)11-3-5-12(6-4-11)14-7-9-16-10-8-14;1-2/h3-6H,2,7-10H2,1H3;1-2H3. The molecule has 0 saturated carbocycles. The van der Waals surface area contributed by atoms with Crippen molar-refractivity contribution in [2.24, 2.45) is 0 Å². The van der Waals surface area contributed by atoms with Gasteiger partial charge in [0.15, 0.2) is 5.78 Å². The SMILES string of the molecule is CC.CCC(=O)c1ccc(N2CCOCC2)cc1. The Bertz CT molecular complexity index is 353. The van der Waals surface area contributed by atoms with E-state index in [0.717, 1.165) is 31.9 Å². The Labute approximate surface area is 110 Å². The zero-order chi connectivity index (χ0) is 13.4. The van der Waals surface area contributed by atoms with E-state index in [4.69, 9.17) is 4.74 Å². The third-order valence-electron chi connectivity index (χ3n) is 2.89. The second-order valence-electron chi connectivity index (χ2n) is 3.92. The average molecular weight is 249 g/mol. The summed E-state index contributed by atoms with van der Waals surface area (Å²) in [6.07, 6.45) is 0.566. The molecule has 0 radical (unpaired) electrons. The van der Waals surface area contributed by atoms with Crippen LogP contribution in [0.3, 0.4) is 0 Å². The minimum Gasteiger partial charge on any atom is -0.378 e. The first-order valence-corrected chi connectivity index (χ1v) is 6.77. The maximum atomic E-state index is 11.5. The van der Waals surface area contributed by atoms with E-state index in [-0.39, 0.29) is 5.78 Å². The van der Waals surface area contributed by atoms with Crippen LogP contribution in [0.15, 0.2) is 24.3 Å². The minimum atomic E-state index is 0.202. The van der Waals surface area contributed by atoms with Gasteiger partial charge in [-0.25, -0.2) is 0 Å². The molecule has 1 aromatic rings. The molecule has 1 aliphatic heterocycles. The molecular weight excluding hydrogens is 226 g/mol. The number of nitrogens with zero attached hydrogens (tertiary/aromatic N) is 1. The molecule has 3 nitrogen and oxygen atoms in total. The smallest absolute Gasteiger partial charge is 0.162 e. The quantitative estimate of drug-likeness (QED) is 0.771. The number of morpholine rings is 1. The van der Waals surface area contributed by atoms with Crippen LogP contribution in [0, 0.1) is 0 Å². The van der Waals surface area contributed by atoms with Gasteiger partial charge in [-0.05, 0) is 24.3 Å². The van der Waals surface area contributed by atoms with Crippen LogP contribution in [-0.2, 0) is 4.74 Å². The zero-order valence-electron chi connectivity index (χ0n) is 11.6. The number of ether oxygens (including phenoxy) is 1. The molecule has 1 saturated heterocycles. The van der Waals surface area contributed by atoms with Gasteiger partial charge in [0.05, 0.1) is 13.2 Å². The maximum absolute atomic E-state index is 11.5. The first-order valence-electron chi connectivity index (χ1n) is 6.77. The van der Waals surface area contributed by atoms with Gasteiger partial charge in [0, 0.05) is 30.8 Å². The first kappa shape index (κ1) is 14.7. The lowest BCUT2D eigenvalue weighted by atomic mass is 10.1. The Balaban J connectivity index is 0.000000771. The predicted molar refractivity (Wildman–Crippen MR) is 75.4 cm³/mol. The fourth-order valence-electron chi connectivity index (χ4n) is 1.88. The monoisotopic (exact) mass is 249 g/mol. The van der Waals surface area contributed by atoms with Crippen LogP contribution in [0.5, 0.6) is 0 Å². The Morgan fingerprint density at radius 1 is 1.17 bits per heavy atom.